The van der Waals surface area contributed by atoms with Gasteiger partial charge in [-0.05, 0) is 44.0 Å². The van der Waals surface area contributed by atoms with Gasteiger partial charge in [-0.3, -0.25) is 9.78 Å². The lowest BCUT2D eigenvalue weighted by molar-refractivity contribution is -0.136. The topological polar surface area (TPSA) is 50.2 Å². The molecule has 2 aromatic rings. The van der Waals surface area contributed by atoms with Crippen LogP contribution in [0.1, 0.15) is 22.4 Å². The summed E-state index contributed by atoms with van der Waals surface area (Å²) in [6.45, 7) is 5.96. The van der Waals surface area contributed by atoms with Crippen LogP contribution in [0, 0.1) is 20.8 Å². The molecule has 3 nitrogen and oxygen atoms in total. The van der Waals surface area contributed by atoms with Crippen molar-refractivity contribution in [3.05, 3.63) is 52.7 Å². The Morgan fingerprint density at radius 1 is 1.16 bits per heavy atom. The molecule has 0 radical (unpaired) electrons. The van der Waals surface area contributed by atoms with Gasteiger partial charge < -0.3 is 5.11 Å². The number of benzene rings is 1. The van der Waals surface area contributed by atoms with Gasteiger partial charge in [0.15, 0.2) is 0 Å². The summed E-state index contributed by atoms with van der Waals surface area (Å²) >= 11 is 0. The summed E-state index contributed by atoms with van der Waals surface area (Å²) in [6, 6.07) is 10.0. The molecule has 0 unspecified atom stereocenters. The minimum absolute atomic E-state index is 0.0198. The third-order valence-corrected chi connectivity index (χ3v) is 3.21. The Hall–Kier alpha value is -2.16. The van der Waals surface area contributed by atoms with Crippen molar-refractivity contribution in [2.75, 3.05) is 0 Å². The van der Waals surface area contributed by atoms with Crippen LogP contribution in [0.5, 0.6) is 0 Å². The summed E-state index contributed by atoms with van der Waals surface area (Å²) in [7, 11) is 0. The standard InChI is InChI=1S/C16H17NO2/c1-10-4-5-11(2)14(8-10)15-7-6-13(9-16(18)19)12(3)17-15/h4-8H,9H2,1-3H3,(H,18,19). The fourth-order valence-corrected chi connectivity index (χ4v) is 2.10. The molecule has 3 heteroatoms. The van der Waals surface area contributed by atoms with E-state index in [1.807, 2.05) is 19.1 Å². The lowest BCUT2D eigenvalue weighted by atomic mass is 10.0. The van der Waals surface area contributed by atoms with Gasteiger partial charge in [-0.15, -0.1) is 0 Å². The number of hydrogen-bond donors (Lipinski definition) is 1. The number of rotatable bonds is 3. The Kier molecular flexibility index (Phi) is 3.65. The van der Waals surface area contributed by atoms with Gasteiger partial charge in [0.05, 0.1) is 12.1 Å². The number of pyridine rings is 1. The Morgan fingerprint density at radius 3 is 2.53 bits per heavy atom. The molecule has 1 aromatic heterocycles. The predicted molar refractivity (Wildman–Crippen MR) is 75.2 cm³/mol. The smallest absolute Gasteiger partial charge is 0.307 e. The zero-order valence-corrected chi connectivity index (χ0v) is 11.4. The molecule has 19 heavy (non-hydrogen) atoms. The third kappa shape index (κ3) is 2.99. The summed E-state index contributed by atoms with van der Waals surface area (Å²) in [4.78, 5) is 15.3. The van der Waals surface area contributed by atoms with E-state index < -0.39 is 5.97 Å². The Morgan fingerprint density at radius 2 is 1.89 bits per heavy atom. The largest absolute Gasteiger partial charge is 0.481 e. The molecule has 0 spiro atoms. The van der Waals surface area contributed by atoms with Gasteiger partial charge >= 0.3 is 5.97 Å². The van der Waals surface area contributed by atoms with E-state index in [1.54, 1.807) is 0 Å². The van der Waals surface area contributed by atoms with Crippen molar-refractivity contribution >= 4 is 5.97 Å². The predicted octanol–water partition coefficient (Wildman–Crippen LogP) is 3.30. The number of carboxylic acid groups (broad SMARTS) is 1. The van der Waals surface area contributed by atoms with E-state index in [-0.39, 0.29) is 6.42 Å². The molecule has 0 atom stereocenters. The van der Waals surface area contributed by atoms with Crippen LogP contribution < -0.4 is 0 Å². The van der Waals surface area contributed by atoms with E-state index in [0.29, 0.717) is 0 Å². The first kappa shape index (κ1) is 13.3. The van der Waals surface area contributed by atoms with Gasteiger partial charge in [-0.1, -0.05) is 23.8 Å². The first-order valence-electron chi connectivity index (χ1n) is 6.23. The van der Waals surface area contributed by atoms with E-state index >= 15 is 0 Å². The fraction of sp³-hybridized carbons (Fsp3) is 0.250. The van der Waals surface area contributed by atoms with Crippen molar-refractivity contribution in [3.8, 4) is 11.3 Å². The highest BCUT2D eigenvalue weighted by atomic mass is 16.4. The number of aromatic nitrogens is 1. The Balaban J connectivity index is 2.44. The van der Waals surface area contributed by atoms with Crippen molar-refractivity contribution in [1.29, 1.82) is 0 Å². The lowest BCUT2D eigenvalue weighted by Gasteiger charge is -2.09. The third-order valence-electron chi connectivity index (χ3n) is 3.21. The quantitative estimate of drug-likeness (QED) is 0.915. The maximum Gasteiger partial charge on any atom is 0.307 e. The fourth-order valence-electron chi connectivity index (χ4n) is 2.10. The van der Waals surface area contributed by atoms with Crippen LogP contribution in [0.3, 0.4) is 0 Å². The number of aryl methyl sites for hydroxylation is 3. The summed E-state index contributed by atoms with van der Waals surface area (Å²) in [6.07, 6.45) is 0.0198. The number of hydrogen-bond acceptors (Lipinski definition) is 2. The zero-order valence-electron chi connectivity index (χ0n) is 11.4. The van der Waals surface area contributed by atoms with Gasteiger partial charge in [-0.2, -0.15) is 0 Å². The zero-order chi connectivity index (χ0) is 14.0. The average Bonchev–Trinajstić information content (AvgIpc) is 2.34. The first-order valence-corrected chi connectivity index (χ1v) is 6.23. The second kappa shape index (κ2) is 5.22. The maximum atomic E-state index is 10.7. The maximum absolute atomic E-state index is 10.7. The first-order chi connectivity index (χ1) is 8.97. The summed E-state index contributed by atoms with van der Waals surface area (Å²) in [5, 5.41) is 8.83. The van der Waals surface area contributed by atoms with Crippen LogP contribution in [0.4, 0.5) is 0 Å². The van der Waals surface area contributed by atoms with Gasteiger partial charge in [0.2, 0.25) is 0 Å². The Bertz CT molecular complexity index is 633. The molecule has 0 aliphatic heterocycles. The van der Waals surface area contributed by atoms with Crippen molar-refractivity contribution in [2.45, 2.75) is 27.2 Å². The van der Waals surface area contributed by atoms with E-state index in [2.05, 4.69) is 37.0 Å². The number of carboxylic acids is 1. The lowest BCUT2D eigenvalue weighted by Crippen LogP contribution is -2.03. The van der Waals surface area contributed by atoms with Crippen LogP contribution >= 0.6 is 0 Å². The van der Waals surface area contributed by atoms with E-state index in [4.69, 9.17) is 5.11 Å². The van der Waals surface area contributed by atoms with Crippen LogP contribution in [0.2, 0.25) is 0 Å². The molecule has 1 N–H and O–H groups in total. The summed E-state index contributed by atoms with van der Waals surface area (Å²) in [5.41, 5.74) is 5.90. The minimum atomic E-state index is -0.829. The molecule has 98 valence electrons. The number of carbonyl (C=O) groups is 1. The second-order valence-corrected chi connectivity index (χ2v) is 4.83. The summed E-state index contributed by atoms with van der Waals surface area (Å²) in [5.74, 6) is -0.829. The van der Waals surface area contributed by atoms with Gasteiger partial charge in [0, 0.05) is 11.3 Å². The van der Waals surface area contributed by atoms with Gasteiger partial charge in [0.1, 0.15) is 0 Å². The molecular weight excluding hydrogens is 238 g/mol. The van der Waals surface area contributed by atoms with Crippen LogP contribution in [-0.4, -0.2) is 16.1 Å². The van der Waals surface area contributed by atoms with E-state index in [0.717, 1.165) is 22.5 Å². The summed E-state index contributed by atoms with van der Waals surface area (Å²) < 4.78 is 0. The molecule has 0 saturated heterocycles. The average molecular weight is 255 g/mol. The molecule has 0 saturated carbocycles. The molecule has 1 heterocycles. The van der Waals surface area contributed by atoms with Crippen molar-refractivity contribution in [2.24, 2.45) is 0 Å². The highest BCUT2D eigenvalue weighted by molar-refractivity contribution is 5.71. The van der Waals surface area contributed by atoms with Gasteiger partial charge in [0.25, 0.3) is 0 Å². The number of nitrogens with zero attached hydrogens (tertiary/aromatic N) is 1. The van der Waals surface area contributed by atoms with Gasteiger partial charge in [-0.25, -0.2) is 0 Å². The SMILES string of the molecule is Cc1ccc(C)c(-c2ccc(CC(=O)O)c(C)n2)c1. The molecule has 0 fully saturated rings. The molecule has 0 aliphatic rings. The molecule has 0 bridgehead atoms. The van der Waals surface area contributed by atoms with Crippen molar-refractivity contribution in [1.82, 2.24) is 4.98 Å². The normalized spacial score (nSPS) is 10.5. The van der Waals surface area contributed by atoms with Crippen LogP contribution in [0.25, 0.3) is 11.3 Å². The second-order valence-electron chi connectivity index (χ2n) is 4.83. The highest BCUT2D eigenvalue weighted by Crippen LogP contribution is 2.24. The molecule has 2 rings (SSSR count). The number of aliphatic carboxylic acids is 1. The minimum Gasteiger partial charge on any atom is -0.481 e. The van der Waals surface area contributed by atoms with Crippen molar-refractivity contribution < 1.29 is 9.90 Å². The van der Waals surface area contributed by atoms with Crippen LogP contribution in [-0.2, 0) is 11.2 Å². The molecule has 0 aliphatic carbocycles. The molecule has 1 aromatic carbocycles. The van der Waals surface area contributed by atoms with Crippen molar-refractivity contribution in [3.63, 3.8) is 0 Å². The molecule has 0 amide bonds. The van der Waals surface area contributed by atoms with E-state index in [9.17, 15) is 4.79 Å². The Labute approximate surface area is 112 Å². The van der Waals surface area contributed by atoms with E-state index in [1.165, 1.54) is 11.1 Å². The monoisotopic (exact) mass is 255 g/mol. The molecular formula is C16H17NO2. The highest BCUT2D eigenvalue weighted by Gasteiger charge is 2.09. The van der Waals surface area contributed by atoms with Crippen LogP contribution in [0.15, 0.2) is 30.3 Å².